The highest BCUT2D eigenvalue weighted by atomic mass is 19.1. The smallest absolute Gasteiger partial charge is 0.239 e. The number of carbonyl (C=O) groups is 3. The lowest BCUT2D eigenvalue weighted by molar-refractivity contribution is -0.148. The third-order valence-corrected chi connectivity index (χ3v) is 4.03. The molecule has 3 amide bonds. The molecule has 0 unspecified atom stereocenters. The van der Waals surface area contributed by atoms with Crippen LogP contribution in [0, 0.1) is 17.0 Å². The highest BCUT2D eigenvalue weighted by Gasteiger charge is 2.40. The Balaban J connectivity index is 2.06. The van der Waals surface area contributed by atoms with E-state index in [0.29, 0.717) is 32.2 Å². The summed E-state index contributed by atoms with van der Waals surface area (Å²) >= 11 is 0. The fourth-order valence-electron chi connectivity index (χ4n) is 2.39. The van der Waals surface area contributed by atoms with E-state index in [4.69, 9.17) is 0 Å². The largest absolute Gasteiger partial charge is 0.342 e. The number of hydrogen-bond donors (Lipinski definition) is 1. The molecule has 1 aliphatic heterocycles. The number of nitrogens with one attached hydrogen (secondary N) is 1. The van der Waals surface area contributed by atoms with Crippen molar-refractivity contribution in [3.05, 3.63) is 29.8 Å². The lowest BCUT2D eigenvalue weighted by Gasteiger charge is -2.36. The van der Waals surface area contributed by atoms with E-state index in [9.17, 15) is 23.2 Å². The highest BCUT2D eigenvalue weighted by Crippen LogP contribution is 2.24. The zero-order valence-electron chi connectivity index (χ0n) is 13.5. The quantitative estimate of drug-likeness (QED) is 0.663. The summed E-state index contributed by atoms with van der Waals surface area (Å²) in [6, 6.07) is 2.78. The van der Waals surface area contributed by atoms with Crippen molar-refractivity contribution in [3.63, 3.8) is 0 Å². The van der Waals surface area contributed by atoms with Gasteiger partial charge in [-0.15, -0.1) is 0 Å². The summed E-state index contributed by atoms with van der Waals surface area (Å²) in [6.07, 6.45) is 0.719. The van der Waals surface area contributed by atoms with Crippen LogP contribution in [0.15, 0.2) is 18.2 Å². The zero-order chi connectivity index (χ0) is 17.9. The summed E-state index contributed by atoms with van der Waals surface area (Å²) in [7, 11) is 0. The van der Waals surface area contributed by atoms with E-state index in [-0.39, 0.29) is 5.69 Å². The molecule has 0 bridgehead atoms. The van der Waals surface area contributed by atoms with Gasteiger partial charge in [0, 0.05) is 32.2 Å². The van der Waals surface area contributed by atoms with Gasteiger partial charge in [-0.2, -0.15) is 0 Å². The van der Waals surface area contributed by atoms with Crippen LogP contribution in [0.4, 0.5) is 14.5 Å². The molecular weight excluding hydrogens is 320 g/mol. The Bertz CT molecular complexity index is 656. The van der Waals surface area contributed by atoms with Crippen LogP contribution in [-0.4, -0.2) is 54.2 Å². The van der Waals surface area contributed by atoms with Crippen molar-refractivity contribution in [2.75, 3.05) is 31.5 Å². The number of piperazine rings is 1. The monoisotopic (exact) mass is 339 g/mol. The van der Waals surface area contributed by atoms with E-state index in [1.807, 2.05) is 0 Å². The van der Waals surface area contributed by atoms with Crippen molar-refractivity contribution >= 4 is 23.9 Å². The molecule has 6 nitrogen and oxygen atoms in total. The molecule has 0 radical (unpaired) electrons. The number of rotatable bonds is 4. The van der Waals surface area contributed by atoms with Crippen LogP contribution in [0.25, 0.3) is 0 Å². The summed E-state index contributed by atoms with van der Waals surface area (Å²) in [6.45, 7) is 4.35. The number of carbonyl (C=O) groups excluding carboxylic acids is 3. The van der Waals surface area contributed by atoms with Gasteiger partial charge in [0.2, 0.25) is 18.2 Å². The van der Waals surface area contributed by atoms with Gasteiger partial charge in [0.05, 0.1) is 5.69 Å². The molecule has 1 N–H and O–H groups in total. The molecule has 8 heteroatoms. The summed E-state index contributed by atoms with van der Waals surface area (Å²) in [4.78, 5) is 38.7. The molecule has 2 rings (SSSR count). The second kappa shape index (κ2) is 6.94. The second-order valence-corrected chi connectivity index (χ2v) is 6.14. The highest BCUT2D eigenvalue weighted by molar-refractivity contribution is 6.09. The van der Waals surface area contributed by atoms with Crippen LogP contribution in [0.2, 0.25) is 0 Å². The normalized spacial score (nSPS) is 15.2. The molecule has 0 aromatic heterocycles. The first-order chi connectivity index (χ1) is 11.3. The minimum Gasteiger partial charge on any atom is -0.342 e. The fourth-order valence-corrected chi connectivity index (χ4v) is 2.39. The van der Waals surface area contributed by atoms with Crippen LogP contribution >= 0.6 is 0 Å². The van der Waals surface area contributed by atoms with Crippen LogP contribution in [-0.2, 0) is 14.4 Å². The molecule has 130 valence electrons. The molecule has 24 heavy (non-hydrogen) atoms. The summed E-state index contributed by atoms with van der Waals surface area (Å²) in [5, 5.41) is 2.32. The first-order valence-corrected chi connectivity index (χ1v) is 7.51. The molecule has 0 saturated carbocycles. The zero-order valence-corrected chi connectivity index (χ0v) is 13.5. The van der Waals surface area contributed by atoms with Crippen molar-refractivity contribution in [3.8, 4) is 0 Å². The molecule has 1 fully saturated rings. The predicted molar refractivity (Wildman–Crippen MR) is 83.0 cm³/mol. The number of benzene rings is 1. The van der Waals surface area contributed by atoms with Gasteiger partial charge in [0.1, 0.15) is 17.0 Å². The summed E-state index contributed by atoms with van der Waals surface area (Å²) in [5.41, 5.74) is -1.61. The van der Waals surface area contributed by atoms with Gasteiger partial charge in [-0.25, -0.2) is 8.78 Å². The summed E-state index contributed by atoms with van der Waals surface area (Å²) in [5.74, 6) is -2.76. The standard InChI is InChI=1S/C16H19F2N3O3/c1-16(2,15(24)21-7-5-20(10-22)6-8-21)14(23)19-13-4-3-11(17)9-12(13)18/h3-4,9-10H,5-8H2,1-2H3,(H,19,23). The molecular formula is C16H19F2N3O3. The molecule has 1 saturated heterocycles. The minimum atomic E-state index is -1.43. The molecule has 1 heterocycles. The van der Waals surface area contributed by atoms with E-state index in [1.54, 1.807) is 4.90 Å². The van der Waals surface area contributed by atoms with Crippen molar-refractivity contribution in [1.29, 1.82) is 0 Å². The van der Waals surface area contributed by atoms with Gasteiger partial charge in [0.25, 0.3) is 0 Å². The Morgan fingerprint density at radius 3 is 2.33 bits per heavy atom. The van der Waals surface area contributed by atoms with Gasteiger partial charge in [-0.3, -0.25) is 14.4 Å². The van der Waals surface area contributed by atoms with Gasteiger partial charge >= 0.3 is 0 Å². The first-order valence-electron chi connectivity index (χ1n) is 7.51. The maximum absolute atomic E-state index is 13.6. The van der Waals surface area contributed by atoms with Crippen molar-refractivity contribution in [1.82, 2.24) is 9.80 Å². The van der Waals surface area contributed by atoms with Gasteiger partial charge in [0.15, 0.2) is 0 Å². The van der Waals surface area contributed by atoms with Crippen molar-refractivity contribution < 1.29 is 23.2 Å². The maximum atomic E-state index is 13.6. The van der Waals surface area contributed by atoms with Gasteiger partial charge in [-0.05, 0) is 26.0 Å². The Kier molecular flexibility index (Phi) is 5.16. The molecule has 1 aromatic rings. The Morgan fingerprint density at radius 1 is 1.17 bits per heavy atom. The molecule has 1 aliphatic rings. The SMILES string of the molecule is CC(C)(C(=O)Nc1ccc(F)cc1F)C(=O)N1CCN(C=O)CC1. The third-order valence-electron chi connectivity index (χ3n) is 4.03. The van der Waals surface area contributed by atoms with E-state index in [1.165, 1.54) is 18.7 Å². The Hall–Kier alpha value is -2.51. The maximum Gasteiger partial charge on any atom is 0.239 e. The summed E-state index contributed by atoms with van der Waals surface area (Å²) < 4.78 is 26.6. The number of anilines is 1. The van der Waals surface area contributed by atoms with E-state index in [2.05, 4.69) is 5.32 Å². The van der Waals surface area contributed by atoms with E-state index in [0.717, 1.165) is 18.5 Å². The average Bonchev–Trinajstić information content (AvgIpc) is 2.56. The topological polar surface area (TPSA) is 69.7 Å². The van der Waals surface area contributed by atoms with Gasteiger partial charge in [-0.1, -0.05) is 0 Å². The lowest BCUT2D eigenvalue weighted by atomic mass is 9.89. The molecule has 1 aromatic carbocycles. The third kappa shape index (κ3) is 3.69. The average molecular weight is 339 g/mol. The van der Waals surface area contributed by atoms with Gasteiger partial charge < -0.3 is 15.1 Å². The second-order valence-electron chi connectivity index (χ2n) is 6.14. The number of nitrogens with zero attached hydrogens (tertiary/aromatic N) is 2. The van der Waals surface area contributed by atoms with Crippen LogP contribution < -0.4 is 5.32 Å². The molecule has 0 aliphatic carbocycles. The minimum absolute atomic E-state index is 0.187. The number of halogens is 2. The molecule has 0 atom stereocenters. The van der Waals surface area contributed by atoms with Crippen molar-refractivity contribution in [2.24, 2.45) is 5.41 Å². The predicted octanol–water partition coefficient (Wildman–Crippen LogP) is 1.23. The van der Waals surface area contributed by atoms with E-state index < -0.39 is 28.9 Å². The number of hydrogen-bond acceptors (Lipinski definition) is 3. The van der Waals surface area contributed by atoms with E-state index >= 15 is 0 Å². The number of amides is 3. The van der Waals surface area contributed by atoms with Crippen LogP contribution in [0.3, 0.4) is 0 Å². The van der Waals surface area contributed by atoms with Crippen molar-refractivity contribution in [2.45, 2.75) is 13.8 Å². The Morgan fingerprint density at radius 2 is 1.79 bits per heavy atom. The Labute approximate surface area is 138 Å². The fraction of sp³-hybridized carbons (Fsp3) is 0.438. The lowest BCUT2D eigenvalue weighted by Crippen LogP contribution is -2.54. The first kappa shape index (κ1) is 17.8. The van der Waals surface area contributed by atoms with Crippen LogP contribution in [0.1, 0.15) is 13.8 Å². The van der Waals surface area contributed by atoms with Crippen LogP contribution in [0.5, 0.6) is 0 Å². The molecule has 0 spiro atoms.